The Labute approximate surface area is 540 Å². The van der Waals surface area contributed by atoms with Gasteiger partial charge in [0.1, 0.15) is 0 Å². The monoisotopic (exact) mass is 1660 g/mol. The third-order valence-electron chi connectivity index (χ3n) is 20.0. The molecule has 4 fully saturated rings. The molecule has 9 nitrogen and oxygen atoms in total. The van der Waals surface area contributed by atoms with Gasteiger partial charge < -0.3 is 72.3 Å². The fourth-order valence-electron chi connectivity index (χ4n) is 12.3. The van der Waals surface area contributed by atoms with E-state index in [-0.39, 0.29) is 123 Å². The zero-order valence-corrected chi connectivity index (χ0v) is 61.1. The van der Waals surface area contributed by atoms with Crippen LogP contribution in [-0.2, 0) is 60.3 Å². The van der Waals surface area contributed by atoms with Crippen LogP contribution in [0, 0.1) is 111 Å². The van der Waals surface area contributed by atoms with Crippen LogP contribution in [0.15, 0.2) is 121 Å². The molecule has 470 valence electrons. The third kappa shape index (κ3) is 27.4. The average molecular weight is 1660 g/mol. The van der Waals surface area contributed by atoms with Gasteiger partial charge in [-0.3, -0.25) is 0 Å². The van der Waals surface area contributed by atoms with Crippen molar-refractivity contribution in [2.45, 2.75) is 166 Å². The van der Waals surface area contributed by atoms with Crippen molar-refractivity contribution in [2.75, 3.05) is 14.1 Å². The molecule has 0 amide bonds. The summed E-state index contributed by atoms with van der Waals surface area (Å²) in [6.07, 6.45) is 4.25. The first-order chi connectivity index (χ1) is 34.1. The molecule has 3 unspecified atom stereocenters. The van der Waals surface area contributed by atoms with E-state index in [1.807, 2.05) is 111 Å². The van der Waals surface area contributed by atoms with Gasteiger partial charge in [-0.05, 0) is 88.8 Å². The molecule has 4 saturated carbocycles. The summed E-state index contributed by atoms with van der Waals surface area (Å²) in [5, 5.41) is 9.02. The van der Waals surface area contributed by atoms with Gasteiger partial charge in [-0.25, -0.2) is 0 Å². The van der Waals surface area contributed by atoms with E-state index < -0.39 is 12.1 Å². The molecule has 0 spiro atoms. The van der Waals surface area contributed by atoms with Crippen molar-refractivity contribution < 1.29 is 76.7 Å². The first-order valence-electron chi connectivity index (χ1n) is 28.3. The van der Waals surface area contributed by atoms with Crippen LogP contribution in [0.2, 0.25) is 0 Å². The summed E-state index contributed by atoms with van der Waals surface area (Å²) >= 11 is 0. The average Bonchev–Trinajstić information content (AvgIpc) is 3.78. The summed E-state index contributed by atoms with van der Waals surface area (Å²) in [6.45, 7) is 36.0. The van der Waals surface area contributed by atoms with Gasteiger partial charge in [-0.2, -0.15) is 26.2 Å². The van der Waals surface area contributed by atoms with E-state index in [9.17, 15) is 0 Å². The molecule has 0 aromatic heterocycles. The van der Waals surface area contributed by atoms with E-state index in [0.717, 1.165) is 113 Å². The predicted molar refractivity (Wildman–Crippen MR) is 346 cm³/mol. The normalized spacial score (nSPS) is 30.5. The molecule has 6 atom stereocenters. The summed E-state index contributed by atoms with van der Waals surface area (Å²) in [5.74, 6) is 14.0. The molecule has 0 radical (unpaired) electrons. The van der Waals surface area contributed by atoms with Crippen molar-refractivity contribution in [1.82, 2.24) is 0 Å². The number of hydrogen-bond acceptors (Lipinski definition) is 0. The van der Waals surface area contributed by atoms with E-state index in [4.69, 9.17) is 22.9 Å². The van der Waals surface area contributed by atoms with Gasteiger partial charge in [0.2, 0.25) is 0 Å². The van der Waals surface area contributed by atoms with Crippen LogP contribution in [0.1, 0.15) is 176 Å². The van der Waals surface area contributed by atoms with Crippen molar-refractivity contribution in [3.05, 3.63) is 199 Å². The molecule has 0 bridgehead atoms. The zero-order chi connectivity index (χ0) is 53.8. The second kappa shape index (κ2) is 47.6. The van der Waals surface area contributed by atoms with E-state index in [1.165, 1.54) is 24.0 Å². The van der Waals surface area contributed by atoms with Gasteiger partial charge in [0.25, 0.3) is 0 Å². The second-order valence-electron chi connectivity index (χ2n) is 23.4. The Morgan fingerprint density at radius 1 is 0.309 bits per heavy atom. The summed E-state index contributed by atoms with van der Waals surface area (Å²) in [4.78, 5) is 0. The second-order valence-corrected chi connectivity index (χ2v) is 23.4. The number of likely N-dealkylation sites (N-methyl/N-ethyl adjacent to an activating group) is 2. The smallest absolute Gasteiger partial charge is 0.676 e. The van der Waals surface area contributed by atoms with Crippen LogP contribution < -0.4 is 0 Å². The Hall–Kier alpha value is -1.53. The first kappa shape index (κ1) is 93.2. The maximum Gasteiger partial charge on any atom is 3.00 e. The standard InChI is InChI=1S/C16H18N2.C14H14N2.3C10H20.C6H12N2.3CH3.3Ir.3H2O/c1-17-15(13-9-5-3-6-10-13)16(18-2)14-11-7-4-8-12-14;15-13(11-7-3-1-4-8-11)14(16)12-9-5-2-6-10-12;3*1-6-7(2)9(4)10(5)8(6)3;7-5-3-1-2-4-6(5)8;;;;;;;;;/h3-12,15-16H,1-2H3;1-10,13-16H;3*6-10H,1-5H3;5-8H,1-4H2;3*1H3;;;;3*1H2/q2*-2;;;;-2;3*-1;3*+3;;;/t15-,16?;13-,14?;;;;5-,6?;;;;;;;;;/m11...0........./s1. The van der Waals surface area contributed by atoms with Gasteiger partial charge in [-0.1, -0.05) is 273 Å². The number of hydrogen-bond donors (Lipinski definition) is 0. The van der Waals surface area contributed by atoms with Crippen molar-refractivity contribution in [3.8, 4) is 0 Å². The largest absolute Gasteiger partial charge is 3.00 e. The number of rotatable bonds is 8. The van der Waals surface area contributed by atoms with Crippen molar-refractivity contribution >= 4 is 0 Å². The fourth-order valence-corrected chi connectivity index (χ4v) is 12.3. The van der Waals surface area contributed by atoms with Crippen LogP contribution in [-0.4, -0.2) is 42.6 Å². The van der Waals surface area contributed by atoms with E-state index in [2.05, 4.69) is 139 Å². The Morgan fingerprint density at radius 2 is 0.457 bits per heavy atom. The van der Waals surface area contributed by atoms with Crippen LogP contribution in [0.25, 0.3) is 33.6 Å². The Bertz CT molecular complexity index is 1710. The van der Waals surface area contributed by atoms with E-state index >= 15 is 0 Å². The SMILES string of the molecule is CC1C(C)C(C)C(C)C1C.CC1C(C)C(C)C(C)C1C.CC1C(C)C(C)C(C)C1C.C[N-]C(c1ccccc1)[C@H]([N-]C)c1ccccc1.O.O.O.[CH3-].[CH3-].[CH3-].[Ir+3].[Ir+3].[Ir+3].[NH-]C(c1ccccc1)[C@H]([NH-])c1ccccc1.[NH-]C1CCCC[C@@H]1[NH-]. The molecule has 4 aromatic carbocycles. The molecule has 0 aliphatic heterocycles. The number of nitrogens with zero attached hydrogens (tertiary/aromatic N) is 2. The zero-order valence-electron chi connectivity index (χ0n) is 53.9. The molecule has 12 heteroatoms. The van der Waals surface area contributed by atoms with Gasteiger partial charge in [0.05, 0.1) is 0 Å². The van der Waals surface area contributed by atoms with Crippen LogP contribution in [0.3, 0.4) is 0 Å². The minimum absolute atomic E-state index is 0. The number of benzene rings is 4. The molecule has 8 rings (SSSR count). The first-order valence-corrected chi connectivity index (χ1v) is 28.3. The van der Waals surface area contributed by atoms with Crippen LogP contribution in [0.5, 0.6) is 0 Å². The number of nitrogens with one attached hydrogen (secondary N) is 4. The van der Waals surface area contributed by atoms with Crippen LogP contribution >= 0.6 is 0 Å². The molecule has 4 aliphatic rings. The quantitative estimate of drug-likeness (QED) is 0.150. The summed E-state index contributed by atoms with van der Waals surface area (Å²) in [6, 6.07) is 38.8. The topological polar surface area (TPSA) is 218 Å². The third-order valence-corrected chi connectivity index (χ3v) is 20.0. The molecule has 4 aromatic rings. The van der Waals surface area contributed by atoms with Gasteiger partial charge in [-0.15, -0.1) is 24.2 Å². The Kier molecular flexibility index (Phi) is 54.7. The maximum atomic E-state index is 8.07. The van der Waals surface area contributed by atoms with Crippen molar-refractivity contribution in [3.63, 3.8) is 0 Å². The Morgan fingerprint density at radius 3 is 0.593 bits per heavy atom. The van der Waals surface area contributed by atoms with Crippen LogP contribution in [0.4, 0.5) is 0 Å². The molecule has 10 N–H and O–H groups in total. The molecular weight excluding hydrogens is 1540 g/mol. The van der Waals surface area contributed by atoms with Gasteiger partial charge >= 0.3 is 60.3 Å². The Balaban J connectivity index is -0.000000162. The molecule has 81 heavy (non-hydrogen) atoms. The molecule has 0 heterocycles. The van der Waals surface area contributed by atoms with Gasteiger partial charge in [0.15, 0.2) is 0 Å². The van der Waals surface area contributed by atoms with E-state index in [0.29, 0.717) is 0 Å². The minimum Gasteiger partial charge on any atom is -0.676 e. The fraction of sp³-hybridized carbons (Fsp3) is 0.609. The molecule has 4 aliphatic carbocycles. The summed E-state index contributed by atoms with van der Waals surface area (Å²) in [5.41, 5.74) is 34.9. The van der Waals surface area contributed by atoms with Gasteiger partial charge in [0, 0.05) is 0 Å². The minimum atomic E-state index is -0.524. The van der Waals surface area contributed by atoms with E-state index in [1.54, 1.807) is 0 Å². The molecule has 0 saturated heterocycles. The maximum absolute atomic E-state index is 8.07. The van der Waals surface area contributed by atoms with Crippen molar-refractivity contribution in [1.29, 1.82) is 0 Å². The predicted octanol–water partition coefficient (Wildman–Crippen LogP) is 19.9. The summed E-state index contributed by atoms with van der Waals surface area (Å²) < 4.78 is 0. The summed E-state index contributed by atoms with van der Waals surface area (Å²) in [7, 11) is 3.72. The molecular formula is C69H119Ir3N6O3. The van der Waals surface area contributed by atoms with Crippen molar-refractivity contribution in [2.24, 2.45) is 88.8 Å².